The van der Waals surface area contributed by atoms with Gasteiger partial charge in [0, 0.05) is 17.7 Å². The van der Waals surface area contributed by atoms with Crippen molar-refractivity contribution >= 4 is 28.8 Å². The number of ether oxygens (including phenoxy) is 1. The second-order valence-electron chi connectivity index (χ2n) is 5.86. The maximum absolute atomic E-state index is 13.5. The van der Waals surface area contributed by atoms with E-state index in [2.05, 4.69) is 9.97 Å². The van der Waals surface area contributed by atoms with E-state index in [0.29, 0.717) is 22.5 Å². The highest BCUT2D eigenvalue weighted by molar-refractivity contribution is 7.98. The first-order chi connectivity index (χ1) is 13.1. The third-order valence-electron chi connectivity index (χ3n) is 3.92. The summed E-state index contributed by atoms with van der Waals surface area (Å²) in [6.07, 6.45) is 1.05. The molecule has 5 nitrogen and oxygen atoms in total. The van der Waals surface area contributed by atoms with Gasteiger partial charge in [0.05, 0.1) is 23.1 Å². The van der Waals surface area contributed by atoms with Crippen molar-refractivity contribution in [3.63, 3.8) is 0 Å². The van der Waals surface area contributed by atoms with Crippen LogP contribution in [0.25, 0.3) is 11.0 Å². The molecule has 3 rings (SSSR count). The first-order valence-corrected chi connectivity index (χ1v) is 9.64. The zero-order valence-electron chi connectivity index (χ0n) is 14.7. The smallest absolute Gasteiger partial charge is 0.320 e. The quantitative estimate of drug-likeness (QED) is 0.410. The number of fused-ring (bicyclic) bond motifs is 1. The molecule has 0 saturated heterocycles. The minimum atomic E-state index is -2.76. The fourth-order valence-electron chi connectivity index (χ4n) is 2.68. The highest BCUT2D eigenvalue weighted by Crippen LogP contribution is 2.28. The summed E-state index contributed by atoms with van der Waals surface area (Å²) in [4.78, 5) is 20.5. The molecule has 142 valence electrons. The summed E-state index contributed by atoms with van der Waals surface area (Å²) in [5, 5.41) is 0. The van der Waals surface area contributed by atoms with Crippen LogP contribution in [0.4, 0.5) is 8.78 Å². The van der Waals surface area contributed by atoms with Crippen molar-refractivity contribution in [3.05, 3.63) is 60.2 Å². The van der Waals surface area contributed by atoms with E-state index < -0.39 is 18.6 Å². The number of aromatic nitrogens is 3. The molecule has 2 aromatic heterocycles. The zero-order chi connectivity index (χ0) is 19.2. The number of hydrogen-bond acceptors (Lipinski definition) is 5. The van der Waals surface area contributed by atoms with Crippen LogP contribution in [0.3, 0.4) is 0 Å². The second-order valence-corrected chi connectivity index (χ2v) is 6.97. The van der Waals surface area contributed by atoms with E-state index >= 15 is 0 Å². The molecule has 0 fully saturated rings. The normalized spacial score (nSPS) is 12.4. The highest BCUT2D eigenvalue weighted by Gasteiger charge is 2.24. The topological polar surface area (TPSA) is 57.0 Å². The van der Waals surface area contributed by atoms with Gasteiger partial charge >= 0.3 is 12.5 Å². The maximum atomic E-state index is 13.5. The third kappa shape index (κ3) is 4.82. The largest absolute Gasteiger partial charge is 0.454 e. The van der Waals surface area contributed by atoms with E-state index in [-0.39, 0.29) is 12.2 Å². The summed E-state index contributed by atoms with van der Waals surface area (Å²) in [5.74, 6) is 0.864. The number of thioether (sulfide) groups is 1. The number of para-hydroxylation sites is 2. The monoisotopic (exact) mass is 391 g/mol. The lowest BCUT2D eigenvalue weighted by atomic mass is 10.3. The number of halogens is 2. The molecule has 2 heterocycles. The number of hydrogen-bond donors (Lipinski definition) is 0. The van der Waals surface area contributed by atoms with Gasteiger partial charge in [0.25, 0.3) is 0 Å². The van der Waals surface area contributed by atoms with Crippen LogP contribution < -0.4 is 0 Å². The molecule has 8 heteroatoms. The van der Waals surface area contributed by atoms with Gasteiger partial charge in [0.1, 0.15) is 0 Å². The van der Waals surface area contributed by atoms with Gasteiger partial charge < -0.3 is 4.74 Å². The van der Waals surface area contributed by atoms with Crippen molar-refractivity contribution in [2.45, 2.75) is 31.8 Å². The van der Waals surface area contributed by atoms with Crippen molar-refractivity contribution in [2.75, 3.05) is 5.75 Å². The average molecular weight is 391 g/mol. The van der Waals surface area contributed by atoms with Crippen molar-refractivity contribution in [3.8, 4) is 0 Å². The molecule has 1 unspecified atom stereocenters. The Bertz CT molecular complexity index is 902. The van der Waals surface area contributed by atoms with Crippen molar-refractivity contribution in [1.29, 1.82) is 0 Å². The molecule has 0 aliphatic heterocycles. The molecule has 27 heavy (non-hydrogen) atoms. The lowest BCUT2D eigenvalue weighted by Gasteiger charge is -2.15. The fraction of sp³-hybridized carbons (Fsp3) is 0.316. The van der Waals surface area contributed by atoms with E-state index in [4.69, 9.17) is 4.74 Å². The van der Waals surface area contributed by atoms with E-state index in [0.717, 1.165) is 10.3 Å². The molecule has 1 aromatic carbocycles. The van der Waals surface area contributed by atoms with Crippen molar-refractivity contribution in [1.82, 2.24) is 14.5 Å². The molecule has 3 aromatic rings. The Morgan fingerprint density at radius 3 is 2.74 bits per heavy atom. The SMILES string of the molecule is CC(OC(=O)CCSCc1ccccn1)c1nc2ccccc2n1C(F)F. The molecule has 0 saturated carbocycles. The summed E-state index contributed by atoms with van der Waals surface area (Å²) in [5.41, 5.74) is 1.70. The molecule has 0 N–H and O–H groups in total. The molecule has 0 amide bonds. The summed E-state index contributed by atoms with van der Waals surface area (Å²) < 4.78 is 33.1. The Kier molecular flexibility index (Phi) is 6.39. The first-order valence-electron chi connectivity index (χ1n) is 8.48. The van der Waals surface area contributed by atoms with Gasteiger partial charge in [0.2, 0.25) is 0 Å². The van der Waals surface area contributed by atoms with Crippen molar-refractivity contribution in [2.24, 2.45) is 0 Å². The molecule has 1 atom stereocenters. The van der Waals surface area contributed by atoms with Gasteiger partial charge in [-0.3, -0.25) is 14.3 Å². The Labute approximate surface area is 159 Å². The lowest BCUT2D eigenvalue weighted by Crippen LogP contribution is -2.15. The summed E-state index contributed by atoms with van der Waals surface area (Å²) in [7, 11) is 0. The number of nitrogens with zero attached hydrogens (tertiary/aromatic N) is 3. The van der Waals surface area contributed by atoms with Crippen molar-refractivity contribution < 1.29 is 18.3 Å². The van der Waals surface area contributed by atoms with Crippen LogP contribution >= 0.6 is 11.8 Å². The number of rotatable bonds is 8. The number of esters is 1. The highest BCUT2D eigenvalue weighted by atomic mass is 32.2. The van der Waals surface area contributed by atoms with Gasteiger partial charge in [-0.15, -0.1) is 0 Å². The van der Waals surface area contributed by atoms with Gasteiger partial charge in [-0.1, -0.05) is 18.2 Å². The molecule has 0 bridgehead atoms. The second kappa shape index (κ2) is 8.94. The number of alkyl halides is 2. The number of carbonyl (C=O) groups is 1. The van der Waals surface area contributed by atoms with Crippen LogP contribution in [0.1, 0.15) is 37.5 Å². The first kappa shape index (κ1) is 19.3. The fourth-order valence-corrected chi connectivity index (χ4v) is 3.51. The Balaban J connectivity index is 1.57. The van der Waals surface area contributed by atoms with E-state index in [1.165, 1.54) is 0 Å². The van der Waals surface area contributed by atoms with E-state index in [9.17, 15) is 13.6 Å². The minimum absolute atomic E-state index is 0.0423. The van der Waals surface area contributed by atoms with Crippen LogP contribution in [-0.4, -0.2) is 26.3 Å². The Morgan fingerprint density at radius 2 is 2.00 bits per heavy atom. The molecule has 0 spiro atoms. The standard InChI is InChI=1S/C19H19F2N3O2S/c1-13(18-23-15-7-2-3-8-16(15)24(18)19(20)21)26-17(25)9-11-27-12-14-6-4-5-10-22-14/h2-8,10,13,19H,9,11-12H2,1H3. The van der Waals surface area contributed by atoms with Crippen LogP contribution in [0, 0.1) is 0 Å². The van der Waals surface area contributed by atoms with Crippen LogP contribution in [0.2, 0.25) is 0 Å². The summed E-state index contributed by atoms with van der Waals surface area (Å²) >= 11 is 1.57. The summed E-state index contributed by atoms with van der Waals surface area (Å²) in [6, 6.07) is 12.3. The number of carbonyl (C=O) groups excluding carboxylic acids is 1. The minimum Gasteiger partial charge on any atom is -0.454 e. The predicted molar refractivity (Wildman–Crippen MR) is 101 cm³/mol. The van der Waals surface area contributed by atoms with E-state index in [1.807, 2.05) is 18.2 Å². The van der Waals surface area contributed by atoms with Gasteiger partial charge in [-0.2, -0.15) is 20.5 Å². The maximum Gasteiger partial charge on any atom is 0.320 e. The molecule has 0 aliphatic rings. The van der Waals surface area contributed by atoms with Crippen LogP contribution in [-0.2, 0) is 15.3 Å². The summed E-state index contributed by atoms with van der Waals surface area (Å²) in [6.45, 7) is -1.21. The van der Waals surface area contributed by atoms with Gasteiger partial charge in [-0.25, -0.2) is 4.98 Å². The molecular weight excluding hydrogens is 372 g/mol. The molecule has 0 radical (unpaired) electrons. The number of benzene rings is 1. The average Bonchev–Trinajstić information content (AvgIpc) is 3.06. The molecule has 0 aliphatic carbocycles. The van der Waals surface area contributed by atoms with Gasteiger partial charge in [0.15, 0.2) is 11.9 Å². The Hall–Kier alpha value is -2.48. The zero-order valence-corrected chi connectivity index (χ0v) is 15.5. The number of pyridine rings is 1. The third-order valence-corrected chi connectivity index (χ3v) is 4.91. The molecular formula is C19H19F2N3O2S. The Morgan fingerprint density at radius 1 is 1.22 bits per heavy atom. The predicted octanol–water partition coefficient (Wildman–Crippen LogP) is 4.75. The lowest BCUT2D eigenvalue weighted by molar-refractivity contribution is -0.148. The van der Waals surface area contributed by atoms with E-state index in [1.54, 1.807) is 49.1 Å². The van der Waals surface area contributed by atoms with Crippen LogP contribution in [0.15, 0.2) is 48.7 Å². The van der Waals surface area contributed by atoms with Crippen LogP contribution in [0.5, 0.6) is 0 Å². The number of imidazole rings is 1. The van der Waals surface area contributed by atoms with Gasteiger partial charge in [-0.05, 0) is 31.2 Å².